The van der Waals surface area contributed by atoms with E-state index in [1.54, 1.807) is 30.3 Å². The highest BCUT2D eigenvalue weighted by Crippen LogP contribution is 2.29. The van der Waals surface area contributed by atoms with Crippen LogP contribution < -0.4 is 10.1 Å². The second kappa shape index (κ2) is 6.27. The van der Waals surface area contributed by atoms with Gasteiger partial charge in [0.1, 0.15) is 17.6 Å². The van der Waals surface area contributed by atoms with E-state index in [1.807, 2.05) is 0 Å². The van der Waals surface area contributed by atoms with E-state index in [-0.39, 0.29) is 5.82 Å². The molecule has 0 amide bonds. The molecule has 1 N–H and O–H groups in total. The van der Waals surface area contributed by atoms with Crippen molar-refractivity contribution in [1.29, 1.82) is 5.26 Å². The van der Waals surface area contributed by atoms with E-state index >= 15 is 0 Å². The summed E-state index contributed by atoms with van der Waals surface area (Å²) in [4.78, 5) is 0. The molecule has 1 atom stereocenters. The minimum absolute atomic E-state index is 0.362. The lowest BCUT2D eigenvalue weighted by Crippen LogP contribution is -2.08. The summed E-state index contributed by atoms with van der Waals surface area (Å²) >= 11 is 6.04. The van der Waals surface area contributed by atoms with Crippen molar-refractivity contribution in [3.8, 4) is 11.8 Å². The van der Waals surface area contributed by atoms with E-state index < -0.39 is 6.04 Å². The normalized spacial score (nSPS) is 11.5. The Morgan fingerprint density at radius 3 is 2.70 bits per heavy atom. The third-order valence-electron chi connectivity index (χ3n) is 2.77. The van der Waals surface area contributed by atoms with Gasteiger partial charge in [0.15, 0.2) is 0 Å². The fourth-order valence-electron chi connectivity index (χ4n) is 1.80. The van der Waals surface area contributed by atoms with E-state index in [1.165, 1.54) is 19.2 Å². The van der Waals surface area contributed by atoms with Gasteiger partial charge in [0.2, 0.25) is 0 Å². The molecule has 0 aromatic heterocycles. The number of halogens is 2. The summed E-state index contributed by atoms with van der Waals surface area (Å²) in [6.45, 7) is 0. The van der Waals surface area contributed by atoms with Gasteiger partial charge in [-0.3, -0.25) is 0 Å². The fourth-order valence-corrected chi connectivity index (χ4v) is 2.06. The van der Waals surface area contributed by atoms with Crippen molar-refractivity contribution in [2.75, 3.05) is 12.4 Å². The van der Waals surface area contributed by atoms with E-state index in [2.05, 4.69) is 11.4 Å². The predicted octanol–water partition coefficient (Wildman–Crippen LogP) is 4.16. The van der Waals surface area contributed by atoms with Crippen LogP contribution in [-0.4, -0.2) is 7.11 Å². The lowest BCUT2D eigenvalue weighted by Gasteiger charge is -2.14. The van der Waals surface area contributed by atoms with Crippen LogP contribution in [-0.2, 0) is 0 Å². The van der Waals surface area contributed by atoms with Crippen LogP contribution >= 0.6 is 11.6 Å². The smallest absolute Gasteiger partial charge is 0.140 e. The molecule has 0 spiro atoms. The highest BCUT2D eigenvalue weighted by Gasteiger charge is 2.12. The van der Waals surface area contributed by atoms with Gasteiger partial charge in [-0.25, -0.2) is 4.39 Å². The Kier molecular flexibility index (Phi) is 4.44. The van der Waals surface area contributed by atoms with Gasteiger partial charge in [0.25, 0.3) is 0 Å². The lowest BCUT2D eigenvalue weighted by molar-refractivity contribution is 0.415. The molecule has 0 bridgehead atoms. The Morgan fingerprint density at radius 2 is 2.10 bits per heavy atom. The van der Waals surface area contributed by atoms with Crippen molar-refractivity contribution < 1.29 is 9.13 Å². The van der Waals surface area contributed by atoms with Crippen LogP contribution in [0.25, 0.3) is 0 Å². The summed E-state index contributed by atoms with van der Waals surface area (Å²) in [7, 11) is 1.52. The summed E-state index contributed by atoms with van der Waals surface area (Å²) < 4.78 is 18.2. The highest BCUT2D eigenvalue weighted by atomic mass is 35.5. The van der Waals surface area contributed by atoms with E-state index in [4.69, 9.17) is 16.3 Å². The minimum atomic E-state index is -0.625. The zero-order chi connectivity index (χ0) is 14.5. The molecule has 5 heteroatoms. The Bertz CT molecular complexity index is 655. The Hall–Kier alpha value is -2.25. The number of hydrogen-bond donors (Lipinski definition) is 1. The summed E-state index contributed by atoms with van der Waals surface area (Å²) in [5.41, 5.74) is 1.21. The zero-order valence-electron chi connectivity index (χ0n) is 10.7. The molecule has 0 aliphatic carbocycles. The number of nitrogens with zero attached hydrogens (tertiary/aromatic N) is 1. The summed E-state index contributed by atoms with van der Waals surface area (Å²) in [5.74, 6) is 0.178. The van der Waals surface area contributed by atoms with Gasteiger partial charge in [-0.05, 0) is 35.9 Å². The largest absolute Gasteiger partial charge is 0.495 e. The molecule has 0 saturated carbocycles. The Labute approximate surface area is 121 Å². The number of nitriles is 1. The number of benzene rings is 2. The molecule has 2 rings (SSSR count). The van der Waals surface area contributed by atoms with Gasteiger partial charge in [-0.2, -0.15) is 5.26 Å². The van der Waals surface area contributed by atoms with Crippen molar-refractivity contribution >= 4 is 17.3 Å². The van der Waals surface area contributed by atoms with Crippen molar-refractivity contribution in [2.45, 2.75) is 6.04 Å². The average molecular weight is 291 g/mol. The molecular formula is C15H12ClFN2O. The molecule has 0 aliphatic heterocycles. The Balaban J connectivity index is 2.25. The first-order chi connectivity index (χ1) is 9.63. The first kappa shape index (κ1) is 14.2. The molecule has 0 fully saturated rings. The van der Waals surface area contributed by atoms with Crippen LogP contribution in [0.15, 0.2) is 42.5 Å². The van der Waals surface area contributed by atoms with Crippen molar-refractivity contribution in [3.05, 3.63) is 58.9 Å². The topological polar surface area (TPSA) is 45.0 Å². The SMILES string of the molecule is COc1ccc(C(C#N)Nc2cccc(F)c2)cc1Cl. The Morgan fingerprint density at radius 1 is 1.30 bits per heavy atom. The minimum Gasteiger partial charge on any atom is -0.495 e. The summed E-state index contributed by atoms with van der Waals surface area (Å²) in [5, 5.41) is 12.6. The number of rotatable bonds is 4. The van der Waals surface area contributed by atoms with Gasteiger partial charge < -0.3 is 10.1 Å². The third kappa shape index (κ3) is 3.19. The van der Waals surface area contributed by atoms with E-state index in [9.17, 15) is 9.65 Å². The number of nitrogens with one attached hydrogen (secondary N) is 1. The second-order valence-corrected chi connectivity index (χ2v) is 4.52. The van der Waals surface area contributed by atoms with Crippen molar-refractivity contribution in [1.82, 2.24) is 0 Å². The first-order valence-corrected chi connectivity index (χ1v) is 6.27. The second-order valence-electron chi connectivity index (χ2n) is 4.11. The molecule has 0 radical (unpaired) electrons. The van der Waals surface area contributed by atoms with Crippen molar-refractivity contribution in [2.24, 2.45) is 0 Å². The molecule has 0 aliphatic rings. The maximum atomic E-state index is 13.1. The van der Waals surface area contributed by atoms with Crippen LogP contribution in [0.3, 0.4) is 0 Å². The van der Waals surface area contributed by atoms with Gasteiger partial charge in [0.05, 0.1) is 18.2 Å². The number of hydrogen-bond acceptors (Lipinski definition) is 3. The monoisotopic (exact) mass is 290 g/mol. The molecule has 2 aromatic rings. The van der Waals surface area contributed by atoms with Gasteiger partial charge in [-0.15, -0.1) is 0 Å². The lowest BCUT2D eigenvalue weighted by atomic mass is 10.1. The quantitative estimate of drug-likeness (QED) is 0.919. The average Bonchev–Trinajstić information content (AvgIpc) is 2.44. The van der Waals surface area contributed by atoms with Gasteiger partial charge >= 0.3 is 0 Å². The standard InChI is InChI=1S/C15H12ClFN2O/c1-20-15-6-5-10(7-13(15)16)14(9-18)19-12-4-2-3-11(17)8-12/h2-8,14,19H,1H3. The predicted molar refractivity (Wildman–Crippen MR) is 76.4 cm³/mol. The van der Waals surface area contributed by atoms with E-state index in [0.29, 0.717) is 22.0 Å². The molecule has 0 saturated heterocycles. The van der Waals surface area contributed by atoms with Crippen LogP contribution in [0.4, 0.5) is 10.1 Å². The van der Waals surface area contributed by atoms with Gasteiger partial charge in [-0.1, -0.05) is 23.7 Å². The number of ether oxygens (including phenoxy) is 1. The highest BCUT2D eigenvalue weighted by molar-refractivity contribution is 6.32. The zero-order valence-corrected chi connectivity index (χ0v) is 11.5. The maximum Gasteiger partial charge on any atom is 0.140 e. The number of anilines is 1. The third-order valence-corrected chi connectivity index (χ3v) is 3.07. The van der Waals surface area contributed by atoms with Crippen molar-refractivity contribution in [3.63, 3.8) is 0 Å². The first-order valence-electron chi connectivity index (χ1n) is 5.89. The van der Waals surface area contributed by atoms with E-state index in [0.717, 1.165) is 0 Å². The molecule has 102 valence electrons. The van der Waals surface area contributed by atoms with Crippen LogP contribution in [0, 0.1) is 17.1 Å². The van der Waals surface area contributed by atoms with Crippen LogP contribution in [0.1, 0.15) is 11.6 Å². The fraction of sp³-hybridized carbons (Fsp3) is 0.133. The molecule has 3 nitrogen and oxygen atoms in total. The van der Waals surface area contributed by atoms with Gasteiger partial charge in [0, 0.05) is 5.69 Å². The molecule has 1 unspecified atom stereocenters. The summed E-state index contributed by atoms with van der Waals surface area (Å²) in [6.07, 6.45) is 0. The molecule has 20 heavy (non-hydrogen) atoms. The molecule has 2 aromatic carbocycles. The molecule has 0 heterocycles. The van der Waals surface area contributed by atoms with Crippen LogP contribution in [0.5, 0.6) is 5.75 Å². The summed E-state index contributed by atoms with van der Waals surface area (Å²) in [6, 6.07) is 12.5. The number of methoxy groups -OCH3 is 1. The van der Waals surface area contributed by atoms with Crippen LogP contribution in [0.2, 0.25) is 5.02 Å². The maximum absolute atomic E-state index is 13.1. The molecular weight excluding hydrogens is 279 g/mol.